The molecule has 2 aromatic carbocycles. The average Bonchev–Trinajstić information content (AvgIpc) is 2.71. The van der Waals surface area contributed by atoms with Crippen LogP contribution in [-0.4, -0.2) is 36.3 Å². The normalized spacial score (nSPS) is 11.0. The van der Waals surface area contributed by atoms with Crippen LogP contribution in [0.5, 0.6) is 0 Å². The van der Waals surface area contributed by atoms with Crippen molar-refractivity contribution >= 4 is 23.7 Å². The van der Waals surface area contributed by atoms with Crippen molar-refractivity contribution in [2.75, 3.05) is 6.61 Å². The number of nitrogens with one attached hydrogen (secondary N) is 3. The number of hydrogen-bond acceptors (Lipinski definition) is 5. The topological polar surface area (TPSA) is 114 Å². The lowest BCUT2D eigenvalue weighted by molar-refractivity contribution is -0.149. The average molecular weight is 383 g/mol. The van der Waals surface area contributed by atoms with Crippen LogP contribution in [0.15, 0.2) is 60.7 Å². The largest absolute Gasteiger partial charge is 0.455 e. The van der Waals surface area contributed by atoms with Crippen molar-refractivity contribution in [2.45, 2.75) is 19.4 Å². The summed E-state index contributed by atoms with van der Waals surface area (Å²) < 4.78 is 4.85. The summed E-state index contributed by atoms with van der Waals surface area (Å²) in [6, 6.07) is 16.4. The maximum Gasteiger partial charge on any atom is 0.308 e. The zero-order valence-electron chi connectivity index (χ0n) is 15.3. The molecule has 0 aliphatic rings. The van der Waals surface area contributed by atoms with Gasteiger partial charge in [0.05, 0.1) is 6.42 Å². The molecular weight excluding hydrogens is 362 g/mol. The SMILES string of the molecule is CC(CC(=O)OCC(=O)NNC(=O)c1ccccc1)NC(=O)c1ccccc1. The Morgan fingerprint density at radius 1 is 0.821 bits per heavy atom. The maximum absolute atomic E-state index is 12.0. The molecule has 0 radical (unpaired) electrons. The molecule has 0 aromatic heterocycles. The minimum absolute atomic E-state index is 0.0950. The molecule has 0 saturated carbocycles. The van der Waals surface area contributed by atoms with Gasteiger partial charge in [-0.15, -0.1) is 0 Å². The minimum Gasteiger partial charge on any atom is -0.455 e. The Balaban J connectivity index is 1.66. The van der Waals surface area contributed by atoms with Gasteiger partial charge in [0.15, 0.2) is 6.61 Å². The predicted molar refractivity (Wildman–Crippen MR) is 101 cm³/mol. The molecule has 146 valence electrons. The Labute approximate surface area is 162 Å². The van der Waals surface area contributed by atoms with Crippen LogP contribution in [0, 0.1) is 0 Å². The van der Waals surface area contributed by atoms with Crippen LogP contribution in [0.2, 0.25) is 0 Å². The number of carbonyl (C=O) groups excluding carboxylic acids is 4. The Morgan fingerprint density at radius 2 is 1.36 bits per heavy atom. The van der Waals surface area contributed by atoms with Gasteiger partial charge in [0, 0.05) is 17.2 Å². The number of ether oxygens (including phenoxy) is 1. The monoisotopic (exact) mass is 383 g/mol. The third-order valence-electron chi connectivity index (χ3n) is 3.60. The summed E-state index contributed by atoms with van der Waals surface area (Å²) in [6.45, 7) is 1.11. The van der Waals surface area contributed by atoms with E-state index >= 15 is 0 Å². The predicted octanol–water partition coefficient (Wildman–Crippen LogP) is 1.20. The second-order valence-electron chi connectivity index (χ2n) is 5.97. The Hall–Kier alpha value is -3.68. The van der Waals surface area contributed by atoms with Gasteiger partial charge in [0.1, 0.15) is 0 Å². The minimum atomic E-state index is -0.682. The summed E-state index contributed by atoms with van der Waals surface area (Å²) in [7, 11) is 0. The van der Waals surface area contributed by atoms with Crippen LogP contribution in [0.4, 0.5) is 0 Å². The van der Waals surface area contributed by atoms with E-state index in [9.17, 15) is 19.2 Å². The summed E-state index contributed by atoms with van der Waals surface area (Å²) in [5.74, 6) is -2.12. The van der Waals surface area contributed by atoms with Crippen LogP contribution in [0.3, 0.4) is 0 Å². The molecule has 0 saturated heterocycles. The highest BCUT2D eigenvalue weighted by Crippen LogP contribution is 2.01. The molecule has 0 heterocycles. The van der Waals surface area contributed by atoms with E-state index in [1.165, 1.54) is 0 Å². The molecule has 1 unspecified atom stereocenters. The first-order valence-electron chi connectivity index (χ1n) is 8.61. The number of carbonyl (C=O) groups is 4. The van der Waals surface area contributed by atoms with Crippen LogP contribution >= 0.6 is 0 Å². The summed E-state index contributed by atoms with van der Waals surface area (Å²) in [4.78, 5) is 47.2. The number of benzene rings is 2. The number of esters is 1. The number of amides is 3. The molecule has 0 bridgehead atoms. The smallest absolute Gasteiger partial charge is 0.308 e. The maximum atomic E-state index is 12.0. The molecule has 2 aromatic rings. The molecule has 0 aliphatic heterocycles. The standard InChI is InChI=1S/C20H21N3O5/c1-14(21-19(26)15-8-4-2-5-9-15)12-18(25)28-13-17(24)22-23-20(27)16-10-6-3-7-11-16/h2-11,14H,12-13H2,1H3,(H,21,26)(H,22,24)(H,23,27). The van der Waals surface area contributed by atoms with Gasteiger partial charge in [-0.05, 0) is 31.2 Å². The number of hydrogen-bond donors (Lipinski definition) is 3. The van der Waals surface area contributed by atoms with E-state index in [0.29, 0.717) is 11.1 Å². The van der Waals surface area contributed by atoms with Gasteiger partial charge in [0.2, 0.25) is 0 Å². The van der Waals surface area contributed by atoms with Gasteiger partial charge in [-0.2, -0.15) is 0 Å². The van der Waals surface area contributed by atoms with E-state index in [1.807, 2.05) is 0 Å². The van der Waals surface area contributed by atoms with Gasteiger partial charge in [-0.1, -0.05) is 36.4 Å². The van der Waals surface area contributed by atoms with Crippen molar-refractivity contribution in [3.05, 3.63) is 71.8 Å². The highest BCUT2D eigenvalue weighted by molar-refractivity contribution is 5.95. The van der Waals surface area contributed by atoms with Crippen molar-refractivity contribution in [1.29, 1.82) is 0 Å². The molecular formula is C20H21N3O5. The quantitative estimate of drug-likeness (QED) is 0.491. The summed E-state index contributed by atoms with van der Waals surface area (Å²) in [5, 5.41) is 2.68. The van der Waals surface area contributed by atoms with E-state index < -0.39 is 30.4 Å². The molecule has 3 amide bonds. The first-order chi connectivity index (χ1) is 13.5. The molecule has 8 heteroatoms. The Morgan fingerprint density at radius 3 is 1.93 bits per heavy atom. The van der Waals surface area contributed by atoms with Gasteiger partial charge in [-0.3, -0.25) is 30.0 Å². The lowest BCUT2D eigenvalue weighted by Crippen LogP contribution is -2.43. The third kappa shape index (κ3) is 6.91. The van der Waals surface area contributed by atoms with Crippen molar-refractivity contribution in [1.82, 2.24) is 16.2 Å². The van der Waals surface area contributed by atoms with E-state index in [-0.39, 0.29) is 12.3 Å². The van der Waals surface area contributed by atoms with E-state index in [2.05, 4.69) is 16.2 Å². The van der Waals surface area contributed by atoms with Crippen LogP contribution in [0.25, 0.3) is 0 Å². The number of hydrazine groups is 1. The van der Waals surface area contributed by atoms with Crippen LogP contribution in [0.1, 0.15) is 34.1 Å². The summed E-state index contributed by atoms with van der Waals surface area (Å²) >= 11 is 0. The third-order valence-corrected chi connectivity index (χ3v) is 3.60. The van der Waals surface area contributed by atoms with Gasteiger partial charge in [-0.25, -0.2) is 0 Å². The fraction of sp³-hybridized carbons (Fsp3) is 0.200. The van der Waals surface area contributed by atoms with Gasteiger partial charge < -0.3 is 10.1 Å². The van der Waals surface area contributed by atoms with Crippen LogP contribution < -0.4 is 16.2 Å². The van der Waals surface area contributed by atoms with E-state index in [1.54, 1.807) is 67.6 Å². The lowest BCUT2D eigenvalue weighted by Gasteiger charge is -2.13. The van der Waals surface area contributed by atoms with Crippen molar-refractivity contribution in [2.24, 2.45) is 0 Å². The zero-order chi connectivity index (χ0) is 20.4. The summed E-state index contributed by atoms with van der Waals surface area (Å²) in [5.41, 5.74) is 5.24. The van der Waals surface area contributed by atoms with E-state index in [4.69, 9.17) is 4.74 Å². The highest BCUT2D eigenvalue weighted by Gasteiger charge is 2.15. The van der Waals surface area contributed by atoms with Gasteiger partial charge >= 0.3 is 5.97 Å². The first-order valence-corrected chi connectivity index (χ1v) is 8.61. The molecule has 0 aliphatic carbocycles. The van der Waals surface area contributed by atoms with Gasteiger partial charge in [0.25, 0.3) is 17.7 Å². The zero-order valence-corrected chi connectivity index (χ0v) is 15.3. The first kappa shape index (κ1) is 20.6. The second kappa shape index (κ2) is 10.5. The van der Waals surface area contributed by atoms with Crippen molar-refractivity contribution < 1.29 is 23.9 Å². The fourth-order valence-corrected chi connectivity index (χ4v) is 2.23. The summed E-state index contributed by atoms with van der Waals surface area (Å²) in [6.07, 6.45) is -0.0950. The number of rotatable bonds is 7. The molecule has 2 rings (SSSR count). The fourth-order valence-electron chi connectivity index (χ4n) is 2.23. The molecule has 28 heavy (non-hydrogen) atoms. The van der Waals surface area contributed by atoms with Crippen LogP contribution in [-0.2, 0) is 14.3 Å². The lowest BCUT2D eigenvalue weighted by atomic mass is 10.2. The molecule has 0 spiro atoms. The molecule has 8 nitrogen and oxygen atoms in total. The molecule has 0 fully saturated rings. The molecule has 3 N–H and O–H groups in total. The Bertz CT molecular complexity index is 824. The molecule has 1 atom stereocenters. The Kier molecular flexibility index (Phi) is 7.71. The van der Waals surface area contributed by atoms with Crippen molar-refractivity contribution in [3.8, 4) is 0 Å². The highest BCUT2D eigenvalue weighted by atomic mass is 16.5. The van der Waals surface area contributed by atoms with Crippen molar-refractivity contribution in [3.63, 3.8) is 0 Å². The van der Waals surface area contributed by atoms with E-state index in [0.717, 1.165) is 0 Å². The second-order valence-corrected chi connectivity index (χ2v) is 5.97.